The SMILES string of the molecule is Cc1ccc2c(c1)C(NC(=O)c1ccc3ocnc3c1)CCO2. The first-order chi connectivity index (χ1) is 11.2. The molecule has 1 atom stereocenters. The summed E-state index contributed by atoms with van der Waals surface area (Å²) >= 11 is 0. The summed E-state index contributed by atoms with van der Waals surface area (Å²) in [7, 11) is 0. The van der Waals surface area contributed by atoms with Crippen molar-refractivity contribution in [3.8, 4) is 5.75 Å². The van der Waals surface area contributed by atoms with Crippen LogP contribution in [0.5, 0.6) is 5.75 Å². The van der Waals surface area contributed by atoms with Crippen molar-refractivity contribution in [1.29, 1.82) is 0 Å². The molecular formula is C18H16N2O3. The molecule has 5 nitrogen and oxygen atoms in total. The first-order valence-corrected chi connectivity index (χ1v) is 7.58. The van der Waals surface area contributed by atoms with E-state index in [9.17, 15) is 4.79 Å². The number of oxazole rings is 1. The van der Waals surface area contributed by atoms with Crippen LogP contribution in [0.2, 0.25) is 0 Å². The van der Waals surface area contributed by atoms with Gasteiger partial charge in [0.25, 0.3) is 5.91 Å². The standard InChI is InChI=1S/C18H16N2O3/c1-11-2-4-16-13(8-11)14(6-7-22-16)20-18(21)12-3-5-17-15(9-12)19-10-23-17/h2-5,8-10,14H,6-7H2,1H3,(H,20,21). The molecule has 2 aromatic carbocycles. The van der Waals surface area contributed by atoms with Crippen molar-refractivity contribution in [3.05, 3.63) is 59.5 Å². The van der Waals surface area contributed by atoms with E-state index in [1.165, 1.54) is 6.39 Å². The number of benzene rings is 2. The van der Waals surface area contributed by atoms with Crippen molar-refractivity contribution in [2.45, 2.75) is 19.4 Å². The van der Waals surface area contributed by atoms with Crippen LogP contribution in [0, 0.1) is 6.92 Å². The molecule has 0 bridgehead atoms. The number of fused-ring (bicyclic) bond motifs is 2. The number of aromatic nitrogens is 1. The maximum atomic E-state index is 12.6. The number of hydrogen-bond donors (Lipinski definition) is 1. The number of nitrogens with one attached hydrogen (secondary N) is 1. The second-order valence-electron chi connectivity index (χ2n) is 5.74. The first kappa shape index (κ1) is 13.8. The Morgan fingerprint density at radius 2 is 2.17 bits per heavy atom. The molecular weight excluding hydrogens is 292 g/mol. The van der Waals surface area contributed by atoms with Gasteiger partial charge in [0.1, 0.15) is 11.3 Å². The number of nitrogens with zero attached hydrogens (tertiary/aromatic N) is 1. The molecule has 1 unspecified atom stereocenters. The molecule has 2 heterocycles. The van der Waals surface area contributed by atoms with E-state index in [-0.39, 0.29) is 11.9 Å². The molecule has 1 aliphatic heterocycles. The zero-order valence-corrected chi connectivity index (χ0v) is 12.7. The molecule has 0 aliphatic carbocycles. The highest BCUT2D eigenvalue weighted by Crippen LogP contribution is 2.32. The summed E-state index contributed by atoms with van der Waals surface area (Å²) in [5.41, 5.74) is 4.12. The van der Waals surface area contributed by atoms with E-state index in [0.717, 1.165) is 23.3 Å². The Bertz CT molecular complexity index is 885. The Morgan fingerprint density at radius 3 is 3.09 bits per heavy atom. The van der Waals surface area contributed by atoms with Gasteiger partial charge in [-0.2, -0.15) is 0 Å². The lowest BCUT2D eigenvalue weighted by Gasteiger charge is -2.27. The Hall–Kier alpha value is -2.82. The molecule has 1 aliphatic rings. The maximum absolute atomic E-state index is 12.6. The summed E-state index contributed by atoms with van der Waals surface area (Å²) < 4.78 is 10.9. The second kappa shape index (κ2) is 5.43. The average molecular weight is 308 g/mol. The van der Waals surface area contributed by atoms with Crippen LogP contribution >= 0.6 is 0 Å². The van der Waals surface area contributed by atoms with Gasteiger partial charge in [0, 0.05) is 17.5 Å². The van der Waals surface area contributed by atoms with E-state index in [4.69, 9.17) is 9.15 Å². The molecule has 0 saturated heterocycles. The van der Waals surface area contributed by atoms with E-state index in [2.05, 4.69) is 16.4 Å². The highest BCUT2D eigenvalue weighted by atomic mass is 16.5. The summed E-state index contributed by atoms with van der Waals surface area (Å²) in [6.07, 6.45) is 2.14. The van der Waals surface area contributed by atoms with Gasteiger partial charge < -0.3 is 14.5 Å². The van der Waals surface area contributed by atoms with Gasteiger partial charge in [-0.15, -0.1) is 0 Å². The van der Waals surface area contributed by atoms with Crippen LogP contribution in [0.3, 0.4) is 0 Å². The van der Waals surface area contributed by atoms with Gasteiger partial charge in [-0.3, -0.25) is 4.79 Å². The number of carbonyl (C=O) groups excluding carboxylic acids is 1. The molecule has 116 valence electrons. The van der Waals surface area contributed by atoms with Gasteiger partial charge in [0.05, 0.1) is 12.6 Å². The summed E-state index contributed by atoms with van der Waals surface area (Å²) in [5, 5.41) is 3.10. The summed E-state index contributed by atoms with van der Waals surface area (Å²) in [4.78, 5) is 16.7. The predicted molar refractivity (Wildman–Crippen MR) is 85.5 cm³/mol. The highest BCUT2D eigenvalue weighted by molar-refractivity contribution is 5.97. The fraction of sp³-hybridized carbons (Fsp3) is 0.222. The highest BCUT2D eigenvalue weighted by Gasteiger charge is 2.23. The lowest BCUT2D eigenvalue weighted by atomic mass is 9.98. The molecule has 23 heavy (non-hydrogen) atoms. The smallest absolute Gasteiger partial charge is 0.251 e. The fourth-order valence-electron chi connectivity index (χ4n) is 2.90. The molecule has 1 N–H and O–H groups in total. The van der Waals surface area contributed by atoms with Crippen molar-refractivity contribution in [3.63, 3.8) is 0 Å². The number of amides is 1. The maximum Gasteiger partial charge on any atom is 0.251 e. The molecule has 0 fully saturated rings. The van der Waals surface area contributed by atoms with Gasteiger partial charge in [0.2, 0.25) is 0 Å². The van der Waals surface area contributed by atoms with Crippen LogP contribution in [-0.4, -0.2) is 17.5 Å². The minimum absolute atomic E-state index is 0.0424. The van der Waals surface area contributed by atoms with Gasteiger partial charge >= 0.3 is 0 Å². The third kappa shape index (κ3) is 2.54. The molecule has 4 rings (SSSR count). The third-order valence-electron chi connectivity index (χ3n) is 4.10. The van der Waals surface area contributed by atoms with Gasteiger partial charge in [-0.1, -0.05) is 17.7 Å². The van der Waals surface area contributed by atoms with Gasteiger partial charge in [0.15, 0.2) is 12.0 Å². The molecule has 1 amide bonds. The van der Waals surface area contributed by atoms with Crippen molar-refractivity contribution < 1.29 is 13.9 Å². The quantitative estimate of drug-likeness (QED) is 0.788. The Balaban J connectivity index is 1.61. The molecule has 0 spiro atoms. The normalized spacial score (nSPS) is 16.7. The lowest BCUT2D eigenvalue weighted by molar-refractivity contribution is 0.0925. The minimum atomic E-state index is -0.116. The van der Waals surface area contributed by atoms with E-state index in [1.807, 2.05) is 19.1 Å². The Labute approximate surface area is 133 Å². The van der Waals surface area contributed by atoms with E-state index in [1.54, 1.807) is 18.2 Å². The summed E-state index contributed by atoms with van der Waals surface area (Å²) in [5.74, 6) is 0.730. The van der Waals surface area contributed by atoms with Gasteiger partial charge in [-0.05, 0) is 31.2 Å². The third-order valence-corrected chi connectivity index (χ3v) is 4.10. The number of carbonyl (C=O) groups is 1. The average Bonchev–Trinajstić information content (AvgIpc) is 3.03. The largest absolute Gasteiger partial charge is 0.493 e. The fourth-order valence-corrected chi connectivity index (χ4v) is 2.90. The first-order valence-electron chi connectivity index (χ1n) is 7.58. The Morgan fingerprint density at radius 1 is 1.26 bits per heavy atom. The van der Waals surface area contributed by atoms with Crippen molar-refractivity contribution in [1.82, 2.24) is 10.3 Å². The van der Waals surface area contributed by atoms with Gasteiger partial charge in [-0.25, -0.2) is 4.98 Å². The molecule has 0 saturated carbocycles. The van der Waals surface area contributed by atoms with Crippen LogP contribution in [0.15, 0.2) is 47.2 Å². The van der Waals surface area contributed by atoms with Crippen LogP contribution in [-0.2, 0) is 0 Å². The molecule has 3 aromatic rings. The van der Waals surface area contributed by atoms with Crippen molar-refractivity contribution in [2.24, 2.45) is 0 Å². The second-order valence-corrected chi connectivity index (χ2v) is 5.74. The zero-order chi connectivity index (χ0) is 15.8. The lowest BCUT2D eigenvalue weighted by Crippen LogP contribution is -2.32. The number of rotatable bonds is 2. The number of aryl methyl sites for hydroxylation is 1. The topological polar surface area (TPSA) is 64.4 Å². The minimum Gasteiger partial charge on any atom is -0.493 e. The molecule has 0 radical (unpaired) electrons. The molecule has 5 heteroatoms. The molecule has 1 aromatic heterocycles. The predicted octanol–water partition coefficient (Wildman–Crippen LogP) is 3.39. The van der Waals surface area contributed by atoms with Crippen LogP contribution < -0.4 is 10.1 Å². The summed E-state index contributed by atoms with van der Waals surface area (Å²) in [6, 6.07) is 11.3. The van der Waals surface area contributed by atoms with Crippen LogP contribution in [0.25, 0.3) is 11.1 Å². The number of ether oxygens (including phenoxy) is 1. The van der Waals surface area contributed by atoms with Crippen LogP contribution in [0.4, 0.5) is 0 Å². The Kier molecular flexibility index (Phi) is 3.26. The van der Waals surface area contributed by atoms with E-state index in [0.29, 0.717) is 23.3 Å². The van der Waals surface area contributed by atoms with E-state index >= 15 is 0 Å². The van der Waals surface area contributed by atoms with Crippen LogP contribution in [0.1, 0.15) is 33.9 Å². The zero-order valence-electron chi connectivity index (χ0n) is 12.7. The monoisotopic (exact) mass is 308 g/mol. The van der Waals surface area contributed by atoms with E-state index < -0.39 is 0 Å². The number of hydrogen-bond acceptors (Lipinski definition) is 4. The van der Waals surface area contributed by atoms with Crippen molar-refractivity contribution in [2.75, 3.05) is 6.61 Å². The van der Waals surface area contributed by atoms with Crippen molar-refractivity contribution >= 4 is 17.0 Å². The summed E-state index contributed by atoms with van der Waals surface area (Å²) in [6.45, 7) is 2.63.